The minimum Gasteiger partial charge on any atom is -0.473 e. The minimum atomic E-state index is -1.54. The maximum atomic E-state index is 10.8. The van der Waals surface area contributed by atoms with Crippen LogP contribution in [0.4, 0.5) is 0 Å². The summed E-state index contributed by atoms with van der Waals surface area (Å²) in [6, 6.07) is 8.84. The number of likely N-dealkylation sites (N-methyl/N-ethyl adjacent to an activating group) is 1. The van der Waals surface area contributed by atoms with Crippen LogP contribution in [0.5, 0.6) is 0 Å². The number of thiophene rings is 1. The number of carbonyl (C=O) groups is 2. The highest BCUT2D eigenvalue weighted by Crippen LogP contribution is 2.22. The molecule has 2 aromatic rings. The summed E-state index contributed by atoms with van der Waals surface area (Å²) in [5, 5.41) is 11.9. The number of carbonyl (C=O) groups excluding carboxylic acids is 1. The third-order valence-electron chi connectivity index (χ3n) is 3.90. The van der Waals surface area contributed by atoms with E-state index in [4.69, 9.17) is 5.11 Å². The smallest absolute Gasteiger partial charge is 0.417 e. The van der Waals surface area contributed by atoms with Gasteiger partial charge in [-0.1, -0.05) is 18.6 Å². The van der Waals surface area contributed by atoms with E-state index in [1.54, 1.807) is 11.3 Å². The lowest BCUT2D eigenvalue weighted by molar-refractivity contribution is -0.164. The SMILES string of the molecule is CN(CCCCCc1ccc2sccc2c1)CCOC(=O)C(=O)O. The number of hydrogen-bond donors (Lipinski definition) is 1. The van der Waals surface area contributed by atoms with Crippen LogP contribution in [0.3, 0.4) is 0 Å². The summed E-state index contributed by atoms with van der Waals surface area (Å²) in [7, 11) is 1.94. The van der Waals surface area contributed by atoms with E-state index in [-0.39, 0.29) is 6.61 Å². The summed E-state index contributed by atoms with van der Waals surface area (Å²) in [6.07, 6.45) is 4.45. The molecule has 0 radical (unpaired) electrons. The molecule has 130 valence electrons. The molecule has 0 bridgehead atoms. The van der Waals surface area contributed by atoms with Gasteiger partial charge in [0, 0.05) is 11.2 Å². The minimum absolute atomic E-state index is 0.113. The normalized spacial score (nSPS) is 11.1. The van der Waals surface area contributed by atoms with Crippen LogP contribution in [0.15, 0.2) is 29.6 Å². The van der Waals surface area contributed by atoms with Crippen LogP contribution in [0.25, 0.3) is 10.1 Å². The second-order valence-corrected chi connectivity index (χ2v) is 6.80. The second kappa shape index (κ2) is 9.39. The van der Waals surface area contributed by atoms with Crippen LogP contribution in [-0.4, -0.2) is 48.7 Å². The lowest BCUT2D eigenvalue weighted by Crippen LogP contribution is -2.27. The van der Waals surface area contributed by atoms with Crippen LogP contribution in [0, 0.1) is 0 Å². The first kappa shape index (κ1) is 18.4. The predicted octanol–water partition coefficient (Wildman–Crippen LogP) is 3.17. The third kappa shape index (κ3) is 5.94. The molecule has 0 saturated carbocycles. The lowest BCUT2D eigenvalue weighted by atomic mass is 10.1. The molecule has 0 atom stereocenters. The van der Waals surface area contributed by atoms with Crippen LogP contribution in [0.1, 0.15) is 24.8 Å². The Hall–Kier alpha value is -1.92. The average molecular weight is 349 g/mol. The number of carboxylic acids is 1. The number of carboxylic acid groups (broad SMARTS) is 1. The molecule has 5 nitrogen and oxygen atoms in total. The maximum Gasteiger partial charge on any atom is 0.417 e. The van der Waals surface area contributed by atoms with Gasteiger partial charge in [-0.05, 0) is 61.3 Å². The molecule has 0 aliphatic rings. The number of ether oxygens (including phenoxy) is 1. The molecule has 1 aromatic heterocycles. The summed E-state index contributed by atoms with van der Waals surface area (Å²) < 4.78 is 5.95. The summed E-state index contributed by atoms with van der Waals surface area (Å²) in [5.74, 6) is -2.73. The van der Waals surface area contributed by atoms with Crippen molar-refractivity contribution in [1.82, 2.24) is 4.90 Å². The Labute approximate surface area is 145 Å². The average Bonchev–Trinajstić information content (AvgIpc) is 3.02. The maximum absolute atomic E-state index is 10.8. The number of esters is 1. The van der Waals surface area contributed by atoms with E-state index in [2.05, 4.69) is 34.4 Å². The van der Waals surface area contributed by atoms with Gasteiger partial charge >= 0.3 is 11.9 Å². The fraction of sp³-hybridized carbons (Fsp3) is 0.444. The number of rotatable bonds is 9. The molecular weight excluding hydrogens is 326 g/mol. The van der Waals surface area contributed by atoms with E-state index < -0.39 is 11.9 Å². The van der Waals surface area contributed by atoms with Gasteiger partial charge in [-0.25, -0.2) is 9.59 Å². The first-order valence-electron chi connectivity index (χ1n) is 8.11. The number of aliphatic carboxylic acids is 1. The third-order valence-corrected chi connectivity index (χ3v) is 4.80. The van der Waals surface area contributed by atoms with E-state index in [1.807, 2.05) is 11.9 Å². The fourth-order valence-electron chi connectivity index (χ4n) is 2.53. The molecule has 0 aliphatic carbocycles. The van der Waals surface area contributed by atoms with Crippen LogP contribution in [0.2, 0.25) is 0 Å². The summed E-state index contributed by atoms with van der Waals surface area (Å²) in [6.45, 7) is 1.57. The zero-order valence-electron chi connectivity index (χ0n) is 13.9. The molecule has 0 unspecified atom stereocenters. The topological polar surface area (TPSA) is 66.8 Å². The van der Waals surface area contributed by atoms with Crippen molar-refractivity contribution in [2.45, 2.75) is 25.7 Å². The van der Waals surface area contributed by atoms with Crippen molar-refractivity contribution in [2.24, 2.45) is 0 Å². The van der Waals surface area contributed by atoms with Gasteiger partial charge in [0.05, 0.1) is 0 Å². The highest BCUT2D eigenvalue weighted by molar-refractivity contribution is 7.17. The molecule has 2 rings (SSSR count). The van der Waals surface area contributed by atoms with Crippen molar-refractivity contribution in [3.8, 4) is 0 Å². The summed E-state index contributed by atoms with van der Waals surface area (Å²) in [5.41, 5.74) is 1.38. The number of hydrogen-bond acceptors (Lipinski definition) is 5. The van der Waals surface area contributed by atoms with Crippen molar-refractivity contribution in [2.75, 3.05) is 26.7 Å². The number of nitrogens with zero attached hydrogens (tertiary/aromatic N) is 1. The Balaban J connectivity index is 1.55. The van der Waals surface area contributed by atoms with Crippen molar-refractivity contribution in [1.29, 1.82) is 0 Å². The van der Waals surface area contributed by atoms with Crippen molar-refractivity contribution < 1.29 is 19.4 Å². The molecule has 1 heterocycles. The highest BCUT2D eigenvalue weighted by atomic mass is 32.1. The number of fused-ring (bicyclic) bond motifs is 1. The van der Waals surface area contributed by atoms with Gasteiger partial charge < -0.3 is 14.7 Å². The van der Waals surface area contributed by atoms with E-state index in [9.17, 15) is 9.59 Å². The van der Waals surface area contributed by atoms with Crippen molar-refractivity contribution in [3.05, 3.63) is 35.2 Å². The molecule has 0 aliphatic heterocycles. The molecule has 0 amide bonds. The summed E-state index contributed by atoms with van der Waals surface area (Å²) >= 11 is 1.77. The second-order valence-electron chi connectivity index (χ2n) is 5.85. The fourth-order valence-corrected chi connectivity index (χ4v) is 3.30. The van der Waals surface area contributed by atoms with Crippen LogP contribution in [-0.2, 0) is 20.7 Å². The molecule has 0 fully saturated rings. The highest BCUT2D eigenvalue weighted by Gasteiger charge is 2.12. The zero-order valence-corrected chi connectivity index (χ0v) is 14.7. The van der Waals surface area contributed by atoms with Crippen LogP contribution < -0.4 is 0 Å². The Morgan fingerprint density at radius 3 is 2.79 bits per heavy atom. The molecule has 1 N–H and O–H groups in total. The predicted molar refractivity (Wildman–Crippen MR) is 95.5 cm³/mol. The first-order valence-corrected chi connectivity index (χ1v) is 8.99. The van der Waals surface area contributed by atoms with E-state index in [1.165, 1.54) is 15.6 Å². The van der Waals surface area contributed by atoms with E-state index >= 15 is 0 Å². The van der Waals surface area contributed by atoms with Gasteiger partial charge in [0.1, 0.15) is 6.61 Å². The first-order chi connectivity index (χ1) is 11.6. The van der Waals surface area contributed by atoms with Gasteiger partial charge in [0.2, 0.25) is 0 Å². The van der Waals surface area contributed by atoms with Gasteiger partial charge in [-0.15, -0.1) is 11.3 Å². The van der Waals surface area contributed by atoms with Crippen molar-refractivity contribution in [3.63, 3.8) is 0 Å². The Morgan fingerprint density at radius 2 is 2.00 bits per heavy atom. The number of unbranched alkanes of at least 4 members (excludes halogenated alkanes) is 2. The van der Waals surface area contributed by atoms with Gasteiger partial charge in [-0.2, -0.15) is 0 Å². The Kier molecular flexibility index (Phi) is 7.21. The Bertz CT molecular complexity index is 682. The molecule has 1 aromatic carbocycles. The zero-order chi connectivity index (χ0) is 17.4. The standard InChI is InChI=1S/C18H23NO4S/c1-19(10-11-23-18(22)17(20)21)9-4-2-3-5-14-6-7-16-15(13-14)8-12-24-16/h6-8,12-13H,2-5,9-11H2,1H3,(H,20,21). The quantitative estimate of drug-likeness (QED) is 0.428. The summed E-state index contributed by atoms with van der Waals surface area (Å²) in [4.78, 5) is 23.1. The Morgan fingerprint density at radius 1 is 1.17 bits per heavy atom. The largest absolute Gasteiger partial charge is 0.473 e. The van der Waals surface area contributed by atoms with Crippen LogP contribution >= 0.6 is 11.3 Å². The molecule has 0 spiro atoms. The van der Waals surface area contributed by atoms with E-state index in [0.29, 0.717) is 6.54 Å². The molecule has 24 heavy (non-hydrogen) atoms. The van der Waals surface area contributed by atoms with Gasteiger partial charge in [-0.3, -0.25) is 0 Å². The number of aryl methyl sites for hydroxylation is 1. The molecule has 6 heteroatoms. The monoisotopic (exact) mass is 349 g/mol. The molecule has 0 saturated heterocycles. The van der Waals surface area contributed by atoms with Crippen molar-refractivity contribution >= 4 is 33.4 Å². The van der Waals surface area contributed by atoms with Gasteiger partial charge in [0.25, 0.3) is 0 Å². The van der Waals surface area contributed by atoms with E-state index in [0.717, 1.165) is 32.2 Å². The number of benzene rings is 1. The lowest BCUT2D eigenvalue weighted by Gasteiger charge is -2.15. The molecular formula is C18H23NO4S. The van der Waals surface area contributed by atoms with Gasteiger partial charge in [0.15, 0.2) is 0 Å².